The second-order valence-corrected chi connectivity index (χ2v) is 5.77. The first-order valence-electron chi connectivity index (χ1n) is 7.78. The molecule has 0 unspecified atom stereocenters. The summed E-state index contributed by atoms with van der Waals surface area (Å²) in [5.74, 6) is -1.71. The minimum absolute atomic E-state index is 0.256. The quantitative estimate of drug-likeness (QED) is 0.570. The molecule has 3 heterocycles. The zero-order chi connectivity index (χ0) is 15.7. The van der Waals surface area contributed by atoms with Crippen molar-refractivity contribution in [3.63, 3.8) is 0 Å². The number of ether oxygens (including phenoxy) is 1. The number of carbonyl (C=O) groups excluding carboxylic acids is 2. The molecule has 0 radical (unpaired) electrons. The third-order valence-electron chi connectivity index (χ3n) is 4.27. The fourth-order valence-electron chi connectivity index (χ4n) is 3.09. The van der Waals surface area contributed by atoms with Gasteiger partial charge in [0.25, 0.3) is 0 Å². The van der Waals surface area contributed by atoms with Crippen LogP contribution in [0.15, 0.2) is 28.5 Å². The molecule has 0 N–H and O–H groups in total. The Hall–Kier alpha value is -2.11. The van der Waals surface area contributed by atoms with Gasteiger partial charge in [0.05, 0.1) is 6.61 Å². The number of hydrogen-bond acceptors (Lipinski definition) is 5. The summed E-state index contributed by atoms with van der Waals surface area (Å²) in [6.45, 7) is 3.00. The third-order valence-corrected chi connectivity index (χ3v) is 4.27. The number of likely N-dealkylation sites (tertiary alicyclic amines) is 1. The van der Waals surface area contributed by atoms with Crippen LogP contribution >= 0.6 is 0 Å². The molecule has 118 valence electrons. The van der Waals surface area contributed by atoms with Crippen LogP contribution in [0.5, 0.6) is 0 Å². The molecule has 6 heteroatoms. The van der Waals surface area contributed by atoms with Gasteiger partial charge in [-0.15, -0.1) is 0 Å². The molecule has 0 saturated carbocycles. The van der Waals surface area contributed by atoms with Crippen LogP contribution in [0.4, 0.5) is 0 Å². The van der Waals surface area contributed by atoms with Crippen molar-refractivity contribution < 1.29 is 14.3 Å². The van der Waals surface area contributed by atoms with Crippen LogP contribution in [0.1, 0.15) is 26.2 Å². The first kappa shape index (κ1) is 14.8. The highest BCUT2D eigenvalue weighted by Crippen LogP contribution is 2.32. The Labute approximate surface area is 130 Å². The van der Waals surface area contributed by atoms with E-state index in [0.717, 1.165) is 37.1 Å². The van der Waals surface area contributed by atoms with E-state index in [-0.39, 0.29) is 18.7 Å². The number of fused-ring (bicyclic) bond motifs is 2. The fourth-order valence-corrected chi connectivity index (χ4v) is 3.09. The molecule has 0 aromatic heterocycles. The predicted molar refractivity (Wildman–Crippen MR) is 81.9 cm³/mol. The van der Waals surface area contributed by atoms with Crippen LogP contribution in [0.3, 0.4) is 0 Å². The van der Waals surface area contributed by atoms with Gasteiger partial charge in [0, 0.05) is 31.7 Å². The van der Waals surface area contributed by atoms with Gasteiger partial charge < -0.3 is 9.64 Å². The van der Waals surface area contributed by atoms with Crippen molar-refractivity contribution in [1.29, 1.82) is 0 Å². The Bertz CT molecular complexity index is 579. The standard InChI is InChI=1S/C16H21N3O3/c1-3-22-16(21)12-9-17-14-8-13-11(10-19(14)15(12)20)6-4-5-7-18(13)2/h8-10,12,14H,3-7H2,1-2H3/t12-,14-/m1/s1. The first-order valence-corrected chi connectivity index (χ1v) is 7.78. The van der Waals surface area contributed by atoms with Crippen LogP contribution in [0.2, 0.25) is 0 Å². The van der Waals surface area contributed by atoms with Crippen LogP contribution in [0.25, 0.3) is 0 Å². The highest BCUT2D eigenvalue weighted by atomic mass is 16.5. The van der Waals surface area contributed by atoms with Gasteiger partial charge in [-0.2, -0.15) is 0 Å². The molecule has 22 heavy (non-hydrogen) atoms. The average Bonchev–Trinajstić information content (AvgIpc) is 2.68. The fraction of sp³-hybridized carbons (Fsp3) is 0.562. The number of aliphatic imine (C=N–C) groups is 1. The van der Waals surface area contributed by atoms with Gasteiger partial charge in [0.1, 0.15) is 6.17 Å². The molecule has 2 atom stereocenters. The van der Waals surface area contributed by atoms with Crippen molar-refractivity contribution in [3.05, 3.63) is 23.5 Å². The molecule has 0 aromatic rings. The molecular weight excluding hydrogens is 282 g/mol. The zero-order valence-electron chi connectivity index (χ0n) is 13.0. The maximum absolute atomic E-state index is 12.6. The highest BCUT2D eigenvalue weighted by molar-refractivity contribution is 6.12. The Morgan fingerprint density at radius 2 is 2.27 bits per heavy atom. The molecule has 3 aliphatic rings. The molecule has 0 spiro atoms. The van der Waals surface area contributed by atoms with Crippen molar-refractivity contribution in [2.24, 2.45) is 10.9 Å². The maximum Gasteiger partial charge on any atom is 0.324 e. The molecule has 0 bridgehead atoms. The van der Waals surface area contributed by atoms with Gasteiger partial charge in [0.2, 0.25) is 5.91 Å². The number of carbonyl (C=O) groups is 2. The second-order valence-electron chi connectivity index (χ2n) is 5.77. The van der Waals surface area contributed by atoms with E-state index in [4.69, 9.17) is 4.74 Å². The van der Waals surface area contributed by atoms with Gasteiger partial charge in [-0.05, 0) is 37.8 Å². The van der Waals surface area contributed by atoms with Crippen LogP contribution < -0.4 is 0 Å². The summed E-state index contributed by atoms with van der Waals surface area (Å²) in [7, 11) is 2.07. The number of hydrogen-bond donors (Lipinski definition) is 0. The van der Waals surface area contributed by atoms with Gasteiger partial charge in [-0.1, -0.05) is 0 Å². The number of allylic oxidation sites excluding steroid dienone is 1. The van der Waals surface area contributed by atoms with Crippen molar-refractivity contribution in [3.8, 4) is 0 Å². The summed E-state index contributed by atoms with van der Waals surface area (Å²) in [6, 6.07) is 0. The number of rotatable bonds is 2. The topological polar surface area (TPSA) is 62.2 Å². The number of nitrogens with zero attached hydrogens (tertiary/aromatic N) is 3. The lowest BCUT2D eigenvalue weighted by molar-refractivity contribution is -0.152. The van der Waals surface area contributed by atoms with Crippen LogP contribution in [-0.2, 0) is 14.3 Å². The second kappa shape index (κ2) is 5.94. The van der Waals surface area contributed by atoms with Crippen molar-refractivity contribution in [2.75, 3.05) is 20.2 Å². The summed E-state index contributed by atoms with van der Waals surface area (Å²) < 4.78 is 4.95. The van der Waals surface area contributed by atoms with Crippen molar-refractivity contribution >= 4 is 18.1 Å². The summed E-state index contributed by atoms with van der Waals surface area (Å²) in [5.41, 5.74) is 2.29. The van der Waals surface area contributed by atoms with Gasteiger partial charge >= 0.3 is 5.97 Å². The molecule has 0 aliphatic carbocycles. The lowest BCUT2D eigenvalue weighted by Crippen LogP contribution is -2.47. The average molecular weight is 303 g/mol. The molecule has 0 aromatic carbocycles. The van der Waals surface area contributed by atoms with Crippen LogP contribution in [0, 0.1) is 5.92 Å². The lowest BCUT2D eigenvalue weighted by atomic mass is 10.0. The number of likely N-dealkylation sites (N-methyl/N-ethyl adjacent to an activating group) is 1. The van der Waals surface area contributed by atoms with E-state index in [1.54, 1.807) is 11.8 Å². The Balaban J connectivity index is 1.89. The smallest absolute Gasteiger partial charge is 0.324 e. The minimum atomic E-state index is -0.925. The molecule has 1 fully saturated rings. The van der Waals surface area contributed by atoms with E-state index in [2.05, 4.69) is 16.9 Å². The Morgan fingerprint density at radius 1 is 1.45 bits per heavy atom. The molecular formula is C16H21N3O3. The van der Waals surface area contributed by atoms with Crippen molar-refractivity contribution in [1.82, 2.24) is 9.80 Å². The lowest BCUT2D eigenvalue weighted by Gasteiger charge is -2.36. The van der Waals surface area contributed by atoms with E-state index < -0.39 is 11.9 Å². The maximum atomic E-state index is 12.6. The highest BCUT2D eigenvalue weighted by Gasteiger charge is 2.38. The number of esters is 1. The molecule has 1 amide bonds. The van der Waals surface area contributed by atoms with Crippen LogP contribution in [-0.4, -0.2) is 54.3 Å². The third kappa shape index (κ3) is 2.53. The van der Waals surface area contributed by atoms with E-state index in [0.29, 0.717) is 0 Å². The summed E-state index contributed by atoms with van der Waals surface area (Å²) in [6.07, 6.45) is 8.14. The van der Waals surface area contributed by atoms with E-state index in [1.165, 1.54) is 6.21 Å². The predicted octanol–water partition coefficient (Wildman–Crippen LogP) is 1.30. The summed E-state index contributed by atoms with van der Waals surface area (Å²) >= 11 is 0. The molecule has 3 rings (SSSR count). The molecule has 6 nitrogen and oxygen atoms in total. The van der Waals surface area contributed by atoms with Crippen molar-refractivity contribution in [2.45, 2.75) is 32.4 Å². The largest absolute Gasteiger partial charge is 0.465 e. The monoisotopic (exact) mass is 303 g/mol. The summed E-state index contributed by atoms with van der Waals surface area (Å²) in [5, 5.41) is 0. The van der Waals surface area contributed by atoms with Gasteiger partial charge in [0.15, 0.2) is 5.92 Å². The molecule has 1 saturated heterocycles. The SMILES string of the molecule is CCOC(=O)[C@@H]1C=N[C@H]2C=C3C(=CN2C1=O)CCCCN3C. The van der Waals surface area contributed by atoms with Gasteiger partial charge in [-0.25, -0.2) is 0 Å². The normalized spacial score (nSPS) is 27.5. The first-order chi connectivity index (χ1) is 10.6. The van der Waals surface area contributed by atoms with Gasteiger partial charge in [-0.3, -0.25) is 19.5 Å². The van der Waals surface area contributed by atoms with E-state index in [1.807, 2.05) is 12.3 Å². The minimum Gasteiger partial charge on any atom is -0.465 e. The molecule has 3 aliphatic heterocycles. The van der Waals surface area contributed by atoms with E-state index in [9.17, 15) is 9.59 Å². The van der Waals surface area contributed by atoms with E-state index >= 15 is 0 Å². The number of amides is 1. The summed E-state index contributed by atoms with van der Waals surface area (Å²) in [4.78, 5) is 32.6. The zero-order valence-corrected chi connectivity index (χ0v) is 13.0. The Morgan fingerprint density at radius 3 is 3.05 bits per heavy atom. The Kier molecular flexibility index (Phi) is 4.00.